The van der Waals surface area contributed by atoms with Crippen LogP contribution in [0.1, 0.15) is 112 Å². The van der Waals surface area contributed by atoms with Gasteiger partial charge in [-0.3, -0.25) is 9.69 Å². The summed E-state index contributed by atoms with van der Waals surface area (Å²) in [6.45, 7) is 0.208. The van der Waals surface area contributed by atoms with Crippen molar-refractivity contribution in [3.05, 3.63) is 41.9 Å². The highest BCUT2D eigenvalue weighted by Gasteiger charge is 2.62. The standard InChI is InChI=1S/C41H47F6N5O4/c1-38(42,43)34-31(36(53)50-41(37(54)55)24-13-22-12-23(15-24)16-25(41)14-22)18-48-35(49-34)32-19-52(27-8-10-39(44,45)11-9-27)33-17-29(6-7-30(32)33)56-28-4-2-26(3-5-28)51-20-40(46,47)21-51/h6-7,17-19,22-28H,2-5,8-16,20-21H2,1H3,(H,50,53)(H,54,55). The van der Waals surface area contributed by atoms with Crippen molar-refractivity contribution in [3.63, 3.8) is 0 Å². The Balaban J connectivity index is 1.02. The van der Waals surface area contributed by atoms with Crippen LogP contribution in [0.2, 0.25) is 0 Å². The van der Waals surface area contributed by atoms with Gasteiger partial charge in [0.15, 0.2) is 5.82 Å². The second-order valence-electron chi connectivity index (χ2n) is 17.8. The number of hydrogen-bond acceptors (Lipinski definition) is 6. The van der Waals surface area contributed by atoms with Crippen LogP contribution in [-0.2, 0) is 10.7 Å². The molecular formula is C41H47F6N5O4. The molecule has 3 heterocycles. The van der Waals surface area contributed by atoms with Gasteiger partial charge in [-0.15, -0.1) is 0 Å². The average molecular weight is 788 g/mol. The lowest BCUT2D eigenvalue weighted by Gasteiger charge is -2.59. The van der Waals surface area contributed by atoms with Crippen LogP contribution in [-0.4, -0.2) is 79.0 Å². The Bertz CT molecular complexity index is 2000. The predicted molar refractivity (Wildman–Crippen MR) is 193 cm³/mol. The fourth-order valence-corrected chi connectivity index (χ4v) is 11.4. The van der Waals surface area contributed by atoms with E-state index in [1.807, 2.05) is 9.47 Å². The van der Waals surface area contributed by atoms with E-state index < -0.39 is 46.4 Å². The number of carbonyl (C=O) groups is 2. The number of alkyl halides is 6. The first-order valence-electron chi connectivity index (χ1n) is 20.1. The van der Waals surface area contributed by atoms with E-state index in [9.17, 15) is 32.3 Å². The third-order valence-electron chi connectivity index (χ3n) is 14.0. The average Bonchev–Trinajstić information content (AvgIpc) is 3.50. The second-order valence-corrected chi connectivity index (χ2v) is 17.8. The number of likely N-dealkylation sites (tertiary alicyclic amines) is 1. The molecule has 15 heteroatoms. The Kier molecular flexibility index (Phi) is 8.98. The Labute approximate surface area is 320 Å². The van der Waals surface area contributed by atoms with Gasteiger partial charge in [0.1, 0.15) is 17.0 Å². The van der Waals surface area contributed by atoms with Gasteiger partial charge >= 0.3 is 5.97 Å². The second kappa shape index (κ2) is 13.3. The number of fused-ring (bicyclic) bond motifs is 1. The Morgan fingerprint density at radius 3 is 2.12 bits per heavy atom. The van der Waals surface area contributed by atoms with Crippen LogP contribution in [0.3, 0.4) is 0 Å². The topological polar surface area (TPSA) is 110 Å². The highest BCUT2D eigenvalue weighted by atomic mass is 19.3. The molecule has 1 amide bonds. The Hall–Kier alpha value is -3.88. The number of aromatic nitrogens is 3. The van der Waals surface area contributed by atoms with Crippen molar-refractivity contribution >= 4 is 22.8 Å². The summed E-state index contributed by atoms with van der Waals surface area (Å²) in [5.41, 5.74) is -1.89. The molecule has 56 heavy (non-hydrogen) atoms. The number of carboxylic acids is 1. The summed E-state index contributed by atoms with van der Waals surface area (Å²) in [4.78, 5) is 37.4. The van der Waals surface area contributed by atoms with E-state index in [1.54, 1.807) is 24.4 Å². The monoisotopic (exact) mass is 787 g/mol. The van der Waals surface area contributed by atoms with E-state index in [-0.39, 0.29) is 74.6 Å². The quantitative estimate of drug-likeness (QED) is 0.209. The molecule has 2 aromatic heterocycles. The maximum Gasteiger partial charge on any atom is 0.330 e. The van der Waals surface area contributed by atoms with E-state index in [1.165, 1.54) is 0 Å². The molecule has 9 nitrogen and oxygen atoms in total. The minimum atomic E-state index is -3.60. The zero-order chi connectivity index (χ0) is 39.4. The first kappa shape index (κ1) is 37.7. The fraction of sp³-hybridized carbons (Fsp3) is 0.659. The third kappa shape index (κ3) is 6.62. The number of halogens is 6. The third-order valence-corrected chi connectivity index (χ3v) is 14.0. The smallest absolute Gasteiger partial charge is 0.330 e. The lowest BCUT2D eigenvalue weighted by molar-refractivity contribution is -0.163. The van der Waals surface area contributed by atoms with Gasteiger partial charge in [-0.05, 0) is 106 Å². The van der Waals surface area contributed by atoms with Crippen molar-refractivity contribution in [3.8, 4) is 17.1 Å². The molecule has 302 valence electrons. The Morgan fingerprint density at radius 1 is 0.893 bits per heavy atom. The number of aliphatic carboxylic acids is 1. The normalized spacial score (nSPS) is 32.6. The Morgan fingerprint density at radius 2 is 1.54 bits per heavy atom. The lowest BCUT2D eigenvalue weighted by atomic mass is 9.48. The molecule has 6 aliphatic carbocycles. The van der Waals surface area contributed by atoms with Gasteiger partial charge in [-0.1, -0.05) is 0 Å². The molecule has 10 rings (SSSR count). The van der Waals surface area contributed by atoms with Crippen LogP contribution in [0.25, 0.3) is 22.3 Å². The highest BCUT2D eigenvalue weighted by Crippen LogP contribution is 2.58. The number of amides is 1. The van der Waals surface area contributed by atoms with Gasteiger partial charge in [0.25, 0.3) is 17.8 Å². The summed E-state index contributed by atoms with van der Waals surface area (Å²) in [7, 11) is 0. The first-order valence-corrected chi connectivity index (χ1v) is 20.1. The van der Waals surface area contributed by atoms with E-state index in [2.05, 4.69) is 15.3 Å². The van der Waals surface area contributed by atoms with Crippen molar-refractivity contribution < 1.29 is 45.8 Å². The summed E-state index contributed by atoms with van der Waals surface area (Å²) >= 11 is 0. The van der Waals surface area contributed by atoms with Crippen molar-refractivity contribution in [1.82, 2.24) is 24.8 Å². The summed E-state index contributed by atoms with van der Waals surface area (Å²) < 4.78 is 94.6. The van der Waals surface area contributed by atoms with Crippen molar-refractivity contribution in [2.75, 3.05) is 13.1 Å². The van der Waals surface area contributed by atoms with Crippen LogP contribution in [0.5, 0.6) is 5.75 Å². The molecule has 0 unspecified atom stereocenters. The van der Waals surface area contributed by atoms with Crippen LogP contribution in [0.15, 0.2) is 30.6 Å². The van der Waals surface area contributed by atoms with Crippen LogP contribution in [0, 0.1) is 23.7 Å². The number of nitrogens with one attached hydrogen (secondary N) is 1. The summed E-state index contributed by atoms with van der Waals surface area (Å²) in [6, 6.07) is 5.09. The lowest BCUT2D eigenvalue weighted by Crippen LogP contribution is -2.70. The van der Waals surface area contributed by atoms with Gasteiger partial charge in [-0.2, -0.15) is 8.78 Å². The van der Waals surface area contributed by atoms with Crippen molar-refractivity contribution in [2.45, 2.75) is 132 Å². The number of nitrogens with zero attached hydrogens (tertiary/aromatic N) is 4. The van der Waals surface area contributed by atoms with E-state index >= 15 is 8.78 Å². The van der Waals surface area contributed by atoms with E-state index in [4.69, 9.17) is 4.74 Å². The van der Waals surface area contributed by atoms with E-state index in [0.717, 1.165) is 25.5 Å². The number of carboxylic acid groups (broad SMARTS) is 1. The molecule has 3 aromatic rings. The molecular weight excluding hydrogens is 740 g/mol. The summed E-state index contributed by atoms with van der Waals surface area (Å²) in [5, 5.41) is 13.9. The molecule has 1 aliphatic heterocycles. The maximum absolute atomic E-state index is 15.5. The molecule has 0 radical (unpaired) electrons. The molecule has 4 bridgehead atoms. The van der Waals surface area contributed by atoms with Crippen molar-refractivity contribution in [2.24, 2.45) is 23.7 Å². The molecule has 1 saturated heterocycles. The molecule has 2 N–H and O–H groups in total. The predicted octanol–water partition coefficient (Wildman–Crippen LogP) is 8.61. The number of rotatable bonds is 9. The van der Waals surface area contributed by atoms with Gasteiger partial charge in [0.2, 0.25) is 5.92 Å². The number of benzene rings is 1. The zero-order valence-corrected chi connectivity index (χ0v) is 31.3. The number of carbonyl (C=O) groups excluding carboxylic acids is 1. The molecule has 6 saturated carbocycles. The van der Waals surface area contributed by atoms with Crippen LogP contribution >= 0.6 is 0 Å². The SMILES string of the molecule is CC(F)(F)c1nc(-c2cn(C3CCC(F)(F)CC3)c3cc(OC4CCC(N5CC(F)(F)C5)CC4)ccc23)ncc1C(=O)NC1(C(=O)O)C2CC3CC(C2)CC1C3. The van der Waals surface area contributed by atoms with Gasteiger partial charge in [0, 0.05) is 61.3 Å². The van der Waals surface area contributed by atoms with E-state index in [0.29, 0.717) is 79.5 Å². The minimum Gasteiger partial charge on any atom is -0.490 e. The van der Waals surface area contributed by atoms with Gasteiger partial charge < -0.3 is 19.7 Å². The van der Waals surface area contributed by atoms with Crippen LogP contribution in [0.4, 0.5) is 26.3 Å². The molecule has 7 fully saturated rings. The maximum atomic E-state index is 15.5. The van der Waals surface area contributed by atoms with Crippen LogP contribution < -0.4 is 10.1 Å². The fourth-order valence-electron chi connectivity index (χ4n) is 11.4. The number of ether oxygens (including phenoxy) is 1. The highest BCUT2D eigenvalue weighted by molar-refractivity contribution is 6.00. The molecule has 1 aromatic carbocycles. The largest absolute Gasteiger partial charge is 0.490 e. The summed E-state index contributed by atoms with van der Waals surface area (Å²) in [5.74, 6) is -10.4. The number of hydrogen-bond donors (Lipinski definition) is 2. The van der Waals surface area contributed by atoms with Gasteiger partial charge in [0.05, 0.1) is 30.3 Å². The molecule has 0 atom stereocenters. The molecule has 0 spiro atoms. The van der Waals surface area contributed by atoms with Crippen molar-refractivity contribution in [1.29, 1.82) is 0 Å². The zero-order valence-electron chi connectivity index (χ0n) is 31.3. The van der Waals surface area contributed by atoms with Gasteiger partial charge in [-0.25, -0.2) is 32.3 Å². The molecule has 7 aliphatic rings. The first-order chi connectivity index (χ1) is 26.5. The summed E-state index contributed by atoms with van der Waals surface area (Å²) in [6.07, 6.45) is 8.94. The minimum absolute atomic E-state index is 0.0888.